The Morgan fingerprint density at radius 2 is 2.18 bits per heavy atom. The Balaban J connectivity index is 2.93. The lowest BCUT2D eigenvalue weighted by Gasteiger charge is -2.23. The normalized spacial score (nSPS) is 10.8. The van der Waals surface area contributed by atoms with Crippen LogP contribution in [0.25, 0.3) is 0 Å². The van der Waals surface area contributed by atoms with E-state index in [1.54, 1.807) is 0 Å². The molecule has 0 saturated heterocycles. The molecule has 1 nitrogen and oxygen atoms in total. The van der Waals surface area contributed by atoms with E-state index in [1.165, 1.54) is 5.57 Å². The average Bonchev–Trinajstić information content (AvgIpc) is 2.29. The highest BCUT2D eigenvalue weighted by Crippen LogP contribution is 2.31. The highest BCUT2D eigenvalue weighted by molar-refractivity contribution is 5.40. The molecule has 0 aliphatic heterocycles. The minimum atomic E-state index is -0.0991. The summed E-state index contributed by atoms with van der Waals surface area (Å²) in [6.45, 7) is 12.8. The standard InChI is InChI=1S/C16H21O/c1-6-16(4,5)14-9-7-8-10-15(14)17-12-11-13(2)3/h6-9,11H,1,12H2,2-5H3. The number of hydrogen-bond acceptors (Lipinski definition) is 1. The maximum Gasteiger partial charge on any atom is 0.131 e. The summed E-state index contributed by atoms with van der Waals surface area (Å²) in [5.41, 5.74) is 2.28. The van der Waals surface area contributed by atoms with Crippen LogP contribution in [0.15, 0.2) is 42.5 Å². The molecule has 0 N–H and O–H groups in total. The van der Waals surface area contributed by atoms with E-state index in [2.05, 4.69) is 52.5 Å². The van der Waals surface area contributed by atoms with Gasteiger partial charge >= 0.3 is 0 Å². The second-order valence-corrected chi connectivity index (χ2v) is 4.93. The maximum atomic E-state index is 5.76. The highest BCUT2D eigenvalue weighted by atomic mass is 16.5. The molecule has 17 heavy (non-hydrogen) atoms. The summed E-state index contributed by atoms with van der Waals surface area (Å²) in [4.78, 5) is 0. The van der Waals surface area contributed by atoms with Gasteiger partial charge in [0.25, 0.3) is 0 Å². The first kappa shape index (κ1) is 13.6. The lowest BCUT2D eigenvalue weighted by atomic mass is 9.84. The van der Waals surface area contributed by atoms with Crippen molar-refractivity contribution in [1.29, 1.82) is 0 Å². The fourth-order valence-electron chi connectivity index (χ4n) is 1.45. The smallest absolute Gasteiger partial charge is 0.131 e. The van der Waals surface area contributed by atoms with Crippen molar-refractivity contribution in [3.63, 3.8) is 0 Å². The fraction of sp³-hybridized carbons (Fsp3) is 0.375. The minimum absolute atomic E-state index is 0.0991. The second kappa shape index (κ2) is 5.72. The van der Waals surface area contributed by atoms with Crippen molar-refractivity contribution >= 4 is 0 Å². The van der Waals surface area contributed by atoms with E-state index in [9.17, 15) is 0 Å². The summed E-state index contributed by atoms with van der Waals surface area (Å²) < 4.78 is 5.76. The number of hydrogen-bond donors (Lipinski definition) is 0. The molecular formula is C16H21O. The van der Waals surface area contributed by atoms with Gasteiger partial charge in [-0.3, -0.25) is 0 Å². The van der Waals surface area contributed by atoms with E-state index in [0.717, 1.165) is 11.3 Å². The van der Waals surface area contributed by atoms with Crippen LogP contribution in [-0.2, 0) is 5.41 Å². The summed E-state index contributed by atoms with van der Waals surface area (Å²) in [7, 11) is 0. The van der Waals surface area contributed by atoms with Gasteiger partial charge in [0.2, 0.25) is 0 Å². The van der Waals surface area contributed by atoms with Gasteiger partial charge in [-0.1, -0.05) is 43.7 Å². The molecule has 0 fully saturated rings. The van der Waals surface area contributed by atoms with Crippen LogP contribution in [0.5, 0.6) is 5.75 Å². The maximum absolute atomic E-state index is 5.76. The van der Waals surface area contributed by atoms with Gasteiger partial charge in [0, 0.05) is 17.0 Å². The number of benzene rings is 1. The molecule has 0 saturated carbocycles. The fourth-order valence-corrected chi connectivity index (χ4v) is 1.45. The first-order chi connectivity index (χ1) is 7.97. The molecule has 0 aliphatic carbocycles. The first-order valence-electron chi connectivity index (χ1n) is 5.88. The van der Waals surface area contributed by atoms with E-state index >= 15 is 0 Å². The van der Waals surface area contributed by atoms with Crippen LogP contribution in [0.3, 0.4) is 0 Å². The Bertz CT molecular complexity index is 409. The van der Waals surface area contributed by atoms with Crippen LogP contribution in [0.2, 0.25) is 0 Å². The zero-order chi connectivity index (χ0) is 12.9. The molecular weight excluding hydrogens is 208 g/mol. The van der Waals surface area contributed by atoms with Crippen LogP contribution in [-0.4, -0.2) is 6.61 Å². The lowest BCUT2D eigenvalue weighted by molar-refractivity contribution is 0.352. The Morgan fingerprint density at radius 1 is 1.47 bits per heavy atom. The predicted molar refractivity (Wildman–Crippen MR) is 73.4 cm³/mol. The molecule has 1 heteroatoms. The third-order valence-corrected chi connectivity index (χ3v) is 2.74. The number of rotatable bonds is 5. The third kappa shape index (κ3) is 3.77. The number of allylic oxidation sites excluding steroid dienone is 2. The molecule has 0 aromatic heterocycles. The van der Waals surface area contributed by atoms with Crippen LogP contribution < -0.4 is 4.74 Å². The summed E-state index contributed by atoms with van der Waals surface area (Å²) in [6.07, 6.45) is 4.00. The highest BCUT2D eigenvalue weighted by Gasteiger charge is 2.20. The van der Waals surface area contributed by atoms with Gasteiger partial charge in [0.15, 0.2) is 0 Å². The Labute approximate surface area is 105 Å². The lowest BCUT2D eigenvalue weighted by Crippen LogP contribution is -2.15. The van der Waals surface area contributed by atoms with Gasteiger partial charge < -0.3 is 4.74 Å². The second-order valence-electron chi connectivity index (χ2n) is 4.93. The van der Waals surface area contributed by atoms with Crippen molar-refractivity contribution in [2.24, 2.45) is 0 Å². The SMILES string of the molecule is C=CC(C)(C)c1ccc[c]c1OCC=C(C)C. The zero-order valence-electron chi connectivity index (χ0n) is 11.2. The van der Waals surface area contributed by atoms with Crippen molar-refractivity contribution in [2.75, 3.05) is 6.61 Å². The number of ether oxygens (including phenoxy) is 1. The van der Waals surface area contributed by atoms with E-state index in [0.29, 0.717) is 6.61 Å². The van der Waals surface area contributed by atoms with Crippen molar-refractivity contribution < 1.29 is 4.74 Å². The van der Waals surface area contributed by atoms with Gasteiger partial charge in [-0.15, -0.1) is 6.58 Å². The van der Waals surface area contributed by atoms with Crippen molar-refractivity contribution in [1.82, 2.24) is 0 Å². The molecule has 0 unspecified atom stereocenters. The quantitative estimate of drug-likeness (QED) is 0.684. The van der Waals surface area contributed by atoms with Crippen molar-refractivity contribution in [3.8, 4) is 5.75 Å². The number of para-hydroxylation sites is 1. The van der Waals surface area contributed by atoms with Gasteiger partial charge in [-0.25, -0.2) is 0 Å². The average molecular weight is 229 g/mol. The van der Waals surface area contributed by atoms with E-state index in [1.807, 2.05) is 18.2 Å². The summed E-state index contributed by atoms with van der Waals surface area (Å²) in [5, 5.41) is 0. The van der Waals surface area contributed by atoms with E-state index in [4.69, 9.17) is 4.74 Å². The van der Waals surface area contributed by atoms with Crippen molar-refractivity contribution in [3.05, 3.63) is 54.1 Å². The molecule has 1 aromatic carbocycles. The van der Waals surface area contributed by atoms with Gasteiger partial charge in [-0.2, -0.15) is 0 Å². The Morgan fingerprint density at radius 3 is 2.76 bits per heavy atom. The zero-order valence-corrected chi connectivity index (χ0v) is 11.2. The molecule has 0 bridgehead atoms. The monoisotopic (exact) mass is 229 g/mol. The summed E-state index contributed by atoms with van der Waals surface area (Å²) >= 11 is 0. The molecule has 0 atom stereocenters. The van der Waals surface area contributed by atoms with Crippen LogP contribution in [0, 0.1) is 6.07 Å². The molecule has 0 heterocycles. The van der Waals surface area contributed by atoms with Gasteiger partial charge in [-0.05, 0) is 19.9 Å². The van der Waals surface area contributed by atoms with Crippen LogP contribution in [0.1, 0.15) is 33.3 Å². The minimum Gasteiger partial charge on any atom is -0.489 e. The Kier molecular flexibility index (Phi) is 4.56. The molecule has 0 spiro atoms. The van der Waals surface area contributed by atoms with Crippen LogP contribution >= 0.6 is 0 Å². The summed E-state index contributed by atoms with van der Waals surface area (Å²) in [6, 6.07) is 9.07. The molecule has 1 rings (SSSR count). The molecule has 0 aliphatic rings. The Hall–Kier alpha value is -1.50. The van der Waals surface area contributed by atoms with E-state index < -0.39 is 0 Å². The third-order valence-electron chi connectivity index (χ3n) is 2.74. The molecule has 0 amide bonds. The van der Waals surface area contributed by atoms with E-state index in [-0.39, 0.29) is 5.41 Å². The first-order valence-corrected chi connectivity index (χ1v) is 5.88. The molecule has 91 valence electrons. The van der Waals surface area contributed by atoms with Crippen molar-refractivity contribution in [2.45, 2.75) is 33.1 Å². The predicted octanol–water partition coefficient (Wildman–Crippen LogP) is 4.30. The van der Waals surface area contributed by atoms with Gasteiger partial charge in [0.05, 0.1) is 0 Å². The largest absolute Gasteiger partial charge is 0.489 e. The molecule has 1 aromatic rings. The molecule has 1 radical (unpaired) electrons. The van der Waals surface area contributed by atoms with Gasteiger partial charge in [0.1, 0.15) is 12.4 Å². The van der Waals surface area contributed by atoms with Crippen LogP contribution in [0.4, 0.5) is 0 Å². The topological polar surface area (TPSA) is 9.23 Å². The summed E-state index contributed by atoms with van der Waals surface area (Å²) in [5.74, 6) is 0.815.